The Morgan fingerprint density at radius 2 is 1.65 bits per heavy atom. The van der Waals surface area contributed by atoms with Crippen LogP contribution in [0, 0.1) is 5.92 Å². The third-order valence-corrected chi connectivity index (χ3v) is 6.44. The van der Waals surface area contributed by atoms with Crippen LogP contribution in [0.2, 0.25) is 0 Å². The van der Waals surface area contributed by atoms with E-state index in [-0.39, 0.29) is 23.8 Å². The molecule has 164 valence electrons. The van der Waals surface area contributed by atoms with Crippen molar-refractivity contribution in [2.75, 3.05) is 27.3 Å². The monoisotopic (exact) mass is 422 g/mol. The Hall–Kier alpha value is -3.02. The second-order valence-corrected chi connectivity index (χ2v) is 8.32. The third-order valence-electron chi connectivity index (χ3n) is 6.44. The van der Waals surface area contributed by atoms with E-state index >= 15 is 0 Å². The van der Waals surface area contributed by atoms with Crippen LogP contribution in [-0.2, 0) is 11.2 Å². The van der Waals surface area contributed by atoms with Gasteiger partial charge in [-0.25, -0.2) is 0 Å². The lowest BCUT2D eigenvalue weighted by molar-refractivity contribution is -0.127. The first-order chi connectivity index (χ1) is 15.1. The van der Waals surface area contributed by atoms with Gasteiger partial charge in [0.1, 0.15) is 11.5 Å². The summed E-state index contributed by atoms with van der Waals surface area (Å²) >= 11 is 0. The van der Waals surface area contributed by atoms with Crippen molar-refractivity contribution in [1.29, 1.82) is 0 Å². The Bertz CT molecular complexity index is 928. The van der Waals surface area contributed by atoms with Gasteiger partial charge >= 0.3 is 0 Å². The third kappa shape index (κ3) is 4.68. The number of hydrogen-bond acceptors (Lipinski definition) is 4. The lowest BCUT2D eigenvalue weighted by Gasteiger charge is -2.33. The zero-order valence-electron chi connectivity index (χ0n) is 18.2. The van der Waals surface area contributed by atoms with Gasteiger partial charge in [0.25, 0.3) is 5.91 Å². The van der Waals surface area contributed by atoms with Gasteiger partial charge in [-0.3, -0.25) is 9.59 Å². The number of rotatable bonds is 5. The van der Waals surface area contributed by atoms with Crippen molar-refractivity contribution in [1.82, 2.24) is 10.2 Å². The highest BCUT2D eigenvalue weighted by atomic mass is 16.5. The number of nitrogens with zero attached hydrogens (tertiary/aromatic N) is 1. The number of aryl methyl sites for hydroxylation is 1. The van der Waals surface area contributed by atoms with Crippen molar-refractivity contribution >= 4 is 11.8 Å². The summed E-state index contributed by atoms with van der Waals surface area (Å²) in [5.74, 6) is 1.17. The summed E-state index contributed by atoms with van der Waals surface area (Å²) < 4.78 is 10.6. The van der Waals surface area contributed by atoms with Crippen LogP contribution in [0.25, 0.3) is 0 Å². The first-order valence-electron chi connectivity index (χ1n) is 11.0. The lowest BCUT2D eigenvalue weighted by Crippen LogP contribution is -2.44. The molecule has 1 aliphatic heterocycles. The molecule has 2 aliphatic rings. The molecule has 0 unspecified atom stereocenters. The number of carbonyl (C=O) groups is 2. The zero-order valence-corrected chi connectivity index (χ0v) is 18.2. The van der Waals surface area contributed by atoms with Gasteiger partial charge < -0.3 is 19.7 Å². The van der Waals surface area contributed by atoms with Gasteiger partial charge in [0.2, 0.25) is 5.91 Å². The van der Waals surface area contributed by atoms with Crippen LogP contribution < -0.4 is 14.8 Å². The molecule has 0 bridgehead atoms. The van der Waals surface area contributed by atoms with Crippen LogP contribution in [0.1, 0.15) is 53.2 Å². The summed E-state index contributed by atoms with van der Waals surface area (Å²) in [6, 6.07) is 13.7. The Balaban J connectivity index is 1.36. The maximum atomic E-state index is 13.0. The predicted molar refractivity (Wildman–Crippen MR) is 118 cm³/mol. The van der Waals surface area contributed by atoms with Crippen LogP contribution in [0.3, 0.4) is 0 Å². The molecular weight excluding hydrogens is 392 g/mol. The minimum absolute atomic E-state index is 0.0574. The number of carbonyl (C=O) groups excluding carboxylic acids is 2. The smallest absolute Gasteiger partial charge is 0.254 e. The number of amides is 2. The normalized spacial score (nSPS) is 18.8. The van der Waals surface area contributed by atoms with Gasteiger partial charge in [-0.15, -0.1) is 0 Å². The Labute approximate surface area is 183 Å². The van der Waals surface area contributed by atoms with Crippen molar-refractivity contribution in [2.45, 2.75) is 38.1 Å². The fourth-order valence-electron chi connectivity index (χ4n) is 4.65. The standard InChI is InChI=1S/C25H30N2O4/c1-30-20-14-19(15-21(16-20)31-2)25(29)27-12-10-18(11-13-27)24(28)26-23-9-5-7-17-6-3-4-8-22(17)23/h3-4,6,8,14-16,18,23H,5,7,9-13H2,1-2H3,(H,26,28)/t23-/m0/s1. The maximum Gasteiger partial charge on any atom is 0.254 e. The highest BCUT2D eigenvalue weighted by Crippen LogP contribution is 2.31. The predicted octanol–water partition coefficient (Wildman–Crippen LogP) is 3.75. The van der Waals surface area contributed by atoms with Gasteiger partial charge in [-0.05, 0) is 55.4 Å². The summed E-state index contributed by atoms with van der Waals surface area (Å²) in [4.78, 5) is 27.7. The molecule has 1 fully saturated rings. The fourth-order valence-corrected chi connectivity index (χ4v) is 4.65. The molecule has 1 atom stereocenters. The molecule has 1 heterocycles. The molecule has 1 N–H and O–H groups in total. The van der Waals surface area contributed by atoms with Crippen molar-refractivity contribution in [2.24, 2.45) is 5.92 Å². The van der Waals surface area contributed by atoms with Gasteiger partial charge in [0.05, 0.1) is 20.3 Å². The number of methoxy groups -OCH3 is 2. The number of piperidine rings is 1. The van der Waals surface area contributed by atoms with Crippen molar-refractivity contribution in [3.8, 4) is 11.5 Å². The summed E-state index contributed by atoms with van der Waals surface area (Å²) in [5, 5.41) is 3.28. The Kier molecular flexibility index (Phi) is 6.44. The molecule has 2 aromatic carbocycles. The number of ether oxygens (including phenoxy) is 2. The lowest BCUT2D eigenvalue weighted by atomic mass is 9.87. The Morgan fingerprint density at radius 1 is 0.968 bits per heavy atom. The molecule has 1 saturated heterocycles. The summed E-state index contributed by atoms with van der Waals surface area (Å²) in [6.07, 6.45) is 4.51. The van der Waals surface area contributed by atoms with Gasteiger partial charge in [0, 0.05) is 30.6 Å². The minimum Gasteiger partial charge on any atom is -0.497 e. The fraction of sp³-hybridized carbons (Fsp3) is 0.440. The molecule has 4 rings (SSSR count). The average Bonchev–Trinajstić information content (AvgIpc) is 2.83. The molecule has 2 amide bonds. The van der Waals surface area contributed by atoms with E-state index in [2.05, 4.69) is 23.5 Å². The van der Waals surface area contributed by atoms with E-state index in [9.17, 15) is 9.59 Å². The quantitative estimate of drug-likeness (QED) is 0.797. The molecule has 0 saturated carbocycles. The molecule has 0 aromatic heterocycles. The second kappa shape index (κ2) is 9.41. The van der Waals surface area contributed by atoms with E-state index in [1.165, 1.54) is 11.1 Å². The van der Waals surface area contributed by atoms with E-state index in [0.717, 1.165) is 19.3 Å². The van der Waals surface area contributed by atoms with Crippen molar-refractivity contribution < 1.29 is 19.1 Å². The van der Waals surface area contributed by atoms with Crippen LogP contribution in [0.4, 0.5) is 0 Å². The number of hydrogen-bond donors (Lipinski definition) is 1. The van der Waals surface area contributed by atoms with Crippen LogP contribution in [0.15, 0.2) is 42.5 Å². The molecule has 6 nitrogen and oxygen atoms in total. The van der Waals surface area contributed by atoms with Gasteiger partial charge in [-0.1, -0.05) is 24.3 Å². The highest BCUT2D eigenvalue weighted by Gasteiger charge is 2.30. The molecule has 0 spiro atoms. The number of benzene rings is 2. The first-order valence-corrected chi connectivity index (χ1v) is 11.0. The van der Waals surface area contributed by atoms with E-state index in [4.69, 9.17) is 9.47 Å². The van der Waals surface area contributed by atoms with Crippen molar-refractivity contribution in [3.63, 3.8) is 0 Å². The first kappa shape index (κ1) is 21.2. The molecular formula is C25H30N2O4. The number of likely N-dealkylation sites (tertiary alicyclic amines) is 1. The summed E-state index contributed by atoms with van der Waals surface area (Å²) in [7, 11) is 3.13. The number of fused-ring (bicyclic) bond motifs is 1. The Morgan fingerprint density at radius 3 is 2.32 bits per heavy atom. The van der Waals surface area contributed by atoms with Gasteiger partial charge in [0.15, 0.2) is 0 Å². The maximum absolute atomic E-state index is 13.0. The molecule has 31 heavy (non-hydrogen) atoms. The molecule has 2 aromatic rings. The topological polar surface area (TPSA) is 67.9 Å². The second-order valence-electron chi connectivity index (χ2n) is 8.32. The van der Waals surface area contributed by atoms with Crippen LogP contribution >= 0.6 is 0 Å². The zero-order chi connectivity index (χ0) is 21.8. The van der Waals surface area contributed by atoms with E-state index in [0.29, 0.717) is 43.0 Å². The largest absolute Gasteiger partial charge is 0.497 e. The van der Waals surface area contributed by atoms with E-state index in [1.54, 1.807) is 32.4 Å². The molecule has 0 radical (unpaired) electrons. The summed E-state index contributed by atoms with van der Waals surface area (Å²) in [5.41, 5.74) is 3.13. The van der Waals surface area contributed by atoms with Gasteiger partial charge in [-0.2, -0.15) is 0 Å². The molecule has 1 aliphatic carbocycles. The molecule has 6 heteroatoms. The van der Waals surface area contributed by atoms with E-state index < -0.39 is 0 Å². The van der Waals surface area contributed by atoms with Crippen LogP contribution in [-0.4, -0.2) is 44.0 Å². The summed E-state index contributed by atoms with van der Waals surface area (Å²) in [6.45, 7) is 1.13. The minimum atomic E-state index is -0.0581. The average molecular weight is 423 g/mol. The SMILES string of the molecule is COc1cc(OC)cc(C(=O)N2CCC(C(=O)N[C@H]3CCCc4ccccc43)CC2)c1. The highest BCUT2D eigenvalue weighted by molar-refractivity contribution is 5.95. The van der Waals surface area contributed by atoms with Crippen molar-refractivity contribution in [3.05, 3.63) is 59.2 Å². The van der Waals surface area contributed by atoms with Crippen LogP contribution in [0.5, 0.6) is 11.5 Å². The number of nitrogens with one attached hydrogen (secondary N) is 1. The van der Waals surface area contributed by atoms with E-state index in [1.807, 2.05) is 11.0 Å².